The van der Waals surface area contributed by atoms with Crippen molar-refractivity contribution in [1.29, 1.82) is 0 Å². The number of nitrogens with one attached hydrogen (secondary N) is 1. The van der Waals surface area contributed by atoms with E-state index in [1.54, 1.807) is 0 Å². The molecular weight excluding hydrogens is 240 g/mol. The Morgan fingerprint density at radius 3 is 3.05 bits per heavy atom. The van der Waals surface area contributed by atoms with Crippen LogP contribution in [-0.2, 0) is 17.7 Å². The van der Waals surface area contributed by atoms with Crippen LogP contribution in [0.5, 0.6) is 0 Å². The number of nitrogens with zero attached hydrogens (tertiary/aromatic N) is 1. The van der Waals surface area contributed by atoms with E-state index in [2.05, 4.69) is 31.1 Å². The molecular formula is C15H24N2O2. The van der Waals surface area contributed by atoms with Gasteiger partial charge in [-0.05, 0) is 12.8 Å². The minimum atomic E-state index is 0.214. The first-order chi connectivity index (χ1) is 9.13. The lowest BCUT2D eigenvalue weighted by molar-refractivity contribution is -0.193. The number of oxazole rings is 1. The average Bonchev–Trinajstić information content (AvgIpc) is 2.87. The van der Waals surface area contributed by atoms with Crippen LogP contribution in [0.2, 0.25) is 0 Å². The summed E-state index contributed by atoms with van der Waals surface area (Å²) in [5.41, 5.74) is 0.214. The van der Waals surface area contributed by atoms with Crippen molar-refractivity contribution in [3.05, 3.63) is 17.8 Å². The first-order valence-electron chi connectivity index (χ1n) is 7.41. The molecule has 1 aliphatic heterocycles. The zero-order valence-corrected chi connectivity index (χ0v) is 12.1. The number of rotatable bonds is 4. The van der Waals surface area contributed by atoms with E-state index >= 15 is 0 Å². The molecule has 19 heavy (non-hydrogen) atoms. The van der Waals surface area contributed by atoms with Gasteiger partial charge in [0.05, 0.1) is 18.8 Å². The summed E-state index contributed by atoms with van der Waals surface area (Å²) < 4.78 is 11.6. The molecule has 4 heteroatoms. The molecule has 4 nitrogen and oxygen atoms in total. The Kier molecular flexibility index (Phi) is 3.39. The molecule has 1 aromatic rings. The molecule has 0 spiro atoms. The molecule has 0 radical (unpaired) electrons. The molecule has 2 aliphatic rings. The highest BCUT2D eigenvalue weighted by molar-refractivity contribution is 5.10. The monoisotopic (exact) mass is 264 g/mol. The summed E-state index contributed by atoms with van der Waals surface area (Å²) in [6.45, 7) is 8.32. The lowest BCUT2D eigenvalue weighted by atomic mass is 9.55. The SMILES string of the molecule is CCc1cnc(CNC2C3CCCOC3C2(C)C)o1. The number of aryl methyl sites for hydroxylation is 1. The standard InChI is InChI=1S/C15H24N2O2/c1-4-10-8-16-12(19-10)9-17-13-11-6-5-7-18-14(11)15(13,2)3/h8,11,13-14,17H,4-7,9H2,1-3H3. The molecule has 3 atom stereocenters. The fraction of sp³-hybridized carbons (Fsp3) is 0.800. The second-order valence-corrected chi connectivity index (χ2v) is 6.35. The second kappa shape index (κ2) is 4.91. The minimum absolute atomic E-state index is 0.214. The van der Waals surface area contributed by atoms with Crippen LogP contribution in [-0.4, -0.2) is 23.7 Å². The van der Waals surface area contributed by atoms with E-state index in [9.17, 15) is 0 Å². The molecule has 1 aliphatic carbocycles. The lowest BCUT2D eigenvalue weighted by Crippen LogP contribution is -2.69. The second-order valence-electron chi connectivity index (χ2n) is 6.35. The van der Waals surface area contributed by atoms with Crippen LogP contribution in [0, 0.1) is 11.3 Å². The Bertz CT molecular complexity index is 441. The van der Waals surface area contributed by atoms with Gasteiger partial charge in [0.1, 0.15) is 5.76 Å². The molecule has 0 aromatic carbocycles. The lowest BCUT2D eigenvalue weighted by Gasteiger charge is -2.60. The number of aromatic nitrogens is 1. The molecule has 0 bridgehead atoms. The number of hydrogen-bond donors (Lipinski definition) is 1. The number of fused-ring (bicyclic) bond motifs is 1. The summed E-state index contributed by atoms with van der Waals surface area (Å²) in [6, 6.07) is 0.509. The van der Waals surface area contributed by atoms with E-state index < -0.39 is 0 Å². The molecule has 3 rings (SSSR count). The molecule has 0 amide bonds. The van der Waals surface area contributed by atoms with Gasteiger partial charge in [-0.2, -0.15) is 0 Å². The van der Waals surface area contributed by atoms with E-state index in [1.165, 1.54) is 12.8 Å². The van der Waals surface area contributed by atoms with Gasteiger partial charge in [0.2, 0.25) is 5.89 Å². The summed E-state index contributed by atoms with van der Waals surface area (Å²) in [5.74, 6) is 2.42. The van der Waals surface area contributed by atoms with Gasteiger partial charge in [-0.3, -0.25) is 0 Å². The Labute approximate surface area is 114 Å². The van der Waals surface area contributed by atoms with Crippen molar-refractivity contribution < 1.29 is 9.15 Å². The van der Waals surface area contributed by atoms with Crippen molar-refractivity contribution in [2.75, 3.05) is 6.61 Å². The molecule has 3 unspecified atom stereocenters. The fourth-order valence-electron chi connectivity index (χ4n) is 3.73. The van der Waals surface area contributed by atoms with Crippen LogP contribution in [0.15, 0.2) is 10.6 Å². The highest BCUT2D eigenvalue weighted by Crippen LogP contribution is 2.51. The van der Waals surface area contributed by atoms with Gasteiger partial charge >= 0.3 is 0 Å². The van der Waals surface area contributed by atoms with Crippen molar-refractivity contribution in [3.8, 4) is 0 Å². The van der Waals surface area contributed by atoms with Crippen molar-refractivity contribution >= 4 is 0 Å². The maximum Gasteiger partial charge on any atom is 0.208 e. The molecule has 1 saturated carbocycles. The van der Waals surface area contributed by atoms with Crippen LogP contribution in [0.25, 0.3) is 0 Å². The summed E-state index contributed by atoms with van der Waals surface area (Å²) in [7, 11) is 0. The molecule has 1 aromatic heterocycles. The highest BCUT2D eigenvalue weighted by atomic mass is 16.5. The van der Waals surface area contributed by atoms with Crippen molar-refractivity contribution in [2.24, 2.45) is 11.3 Å². The van der Waals surface area contributed by atoms with E-state index in [-0.39, 0.29) is 5.41 Å². The van der Waals surface area contributed by atoms with Gasteiger partial charge in [0.25, 0.3) is 0 Å². The van der Waals surface area contributed by atoms with Gasteiger partial charge in [0, 0.05) is 30.4 Å². The van der Waals surface area contributed by atoms with E-state index in [0.29, 0.717) is 18.1 Å². The molecule has 2 heterocycles. The largest absolute Gasteiger partial charge is 0.444 e. The van der Waals surface area contributed by atoms with Crippen molar-refractivity contribution in [3.63, 3.8) is 0 Å². The fourth-order valence-corrected chi connectivity index (χ4v) is 3.73. The topological polar surface area (TPSA) is 47.3 Å². The molecule has 1 N–H and O–H groups in total. The molecule has 2 fully saturated rings. The Morgan fingerprint density at radius 1 is 1.47 bits per heavy atom. The normalized spacial score (nSPS) is 32.7. The number of hydrogen-bond acceptors (Lipinski definition) is 4. The van der Waals surface area contributed by atoms with Crippen LogP contribution < -0.4 is 5.32 Å². The van der Waals surface area contributed by atoms with Crippen molar-refractivity contribution in [1.82, 2.24) is 10.3 Å². The predicted octanol–water partition coefficient (Wildman–Crippen LogP) is 2.53. The van der Waals surface area contributed by atoms with Crippen LogP contribution in [0.4, 0.5) is 0 Å². The first-order valence-corrected chi connectivity index (χ1v) is 7.41. The zero-order valence-electron chi connectivity index (χ0n) is 12.1. The van der Waals surface area contributed by atoms with E-state index in [0.717, 1.165) is 31.2 Å². The Balaban J connectivity index is 1.60. The van der Waals surface area contributed by atoms with Crippen LogP contribution >= 0.6 is 0 Å². The average molecular weight is 264 g/mol. The molecule has 1 saturated heterocycles. The third-order valence-electron chi connectivity index (χ3n) is 4.75. The summed E-state index contributed by atoms with van der Waals surface area (Å²) in [5, 5.41) is 3.63. The predicted molar refractivity (Wildman–Crippen MR) is 72.8 cm³/mol. The van der Waals surface area contributed by atoms with Crippen LogP contribution in [0.3, 0.4) is 0 Å². The maximum atomic E-state index is 5.92. The van der Waals surface area contributed by atoms with Gasteiger partial charge in [-0.15, -0.1) is 0 Å². The van der Waals surface area contributed by atoms with E-state index in [1.807, 2.05) is 6.20 Å². The van der Waals surface area contributed by atoms with Gasteiger partial charge in [-0.25, -0.2) is 4.98 Å². The van der Waals surface area contributed by atoms with Gasteiger partial charge in [0.15, 0.2) is 0 Å². The van der Waals surface area contributed by atoms with Crippen molar-refractivity contribution in [2.45, 2.75) is 58.7 Å². The number of ether oxygens (including phenoxy) is 1. The quantitative estimate of drug-likeness (QED) is 0.908. The maximum absolute atomic E-state index is 5.92. The van der Waals surface area contributed by atoms with Gasteiger partial charge < -0.3 is 14.5 Å². The smallest absolute Gasteiger partial charge is 0.208 e. The summed E-state index contributed by atoms with van der Waals surface area (Å²) in [4.78, 5) is 4.31. The molecule has 106 valence electrons. The highest BCUT2D eigenvalue weighted by Gasteiger charge is 2.57. The summed E-state index contributed by atoms with van der Waals surface area (Å²) in [6.07, 6.45) is 5.62. The third-order valence-corrected chi connectivity index (χ3v) is 4.75. The first kappa shape index (κ1) is 13.1. The zero-order chi connectivity index (χ0) is 13.5. The third kappa shape index (κ3) is 2.21. The Morgan fingerprint density at radius 2 is 2.32 bits per heavy atom. The minimum Gasteiger partial charge on any atom is -0.444 e. The summed E-state index contributed by atoms with van der Waals surface area (Å²) >= 11 is 0. The Hall–Kier alpha value is -0.870. The van der Waals surface area contributed by atoms with E-state index in [4.69, 9.17) is 9.15 Å². The van der Waals surface area contributed by atoms with Gasteiger partial charge in [-0.1, -0.05) is 20.8 Å². The van der Waals surface area contributed by atoms with Crippen LogP contribution in [0.1, 0.15) is 45.3 Å².